The number of nitrogens with one attached hydrogen (secondary N) is 2. The summed E-state index contributed by atoms with van der Waals surface area (Å²) in [6, 6.07) is 12.5. The fraction of sp³-hybridized carbons (Fsp3) is 0.211. The third-order valence-corrected chi connectivity index (χ3v) is 4.29. The van der Waals surface area contributed by atoms with E-state index in [1.165, 1.54) is 25.0 Å². The monoisotopic (exact) mass is 308 g/mol. The lowest BCUT2D eigenvalue weighted by Gasteiger charge is -2.06. The number of anilines is 1. The summed E-state index contributed by atoms with van der Waals surface area (Å²) >= 11 is 0. The van der Waals surface area contributed by atoms with Gasteiger partial charge in [-0.3, -0.25) is 4.79 Å². The fourth-order valence-electron chi connectivity index (χ4n) is 2.87. The van der Waals surface area contributed by atoms with E-state index in [0.717, 1.165) is 27.7 Å². The van der Waals surface area contributed by atoms with Crippen LogP contribution in [0.15, 0.2) is 48.7 Å². The summed E-state index contributed by atoms with van der Waals surface area (Å²) in [5.41, 5.74) is 3.64. The highest BCUT2D eigenvalue weighted by Crippen LogP contribution is 2.33. The maximum absolute atomic E-state index is 13.3. The van der Waals surface area contributed by atoms with Gasteiger partial charge in [-0.2, -0.15) is 0 Å². The Bertz CT molecular complexity index is 863. The largest absolute Gasteiger partial charge is 0.360 e. The summed E-state index contributed by atoms with van der Waals surface area (Å²) < 4.78 is 13.3. The van der Waals surface area contributed by atoms with E-state index in [2.05, 4.69) is 10.3 Å². The Kier molecular flexibility index (Phi) is 3.37. The molecule has 1 aliphatic rings. The van der Waals surface area contributed by atoms with Gasteiger partial charge in [-0.25, -0.2) is 4.39 Å². The van der Waals surface area contributed by atoms with E-state index in [4.69, 9.17) is 0 Å². The fourth-order valence-corrected chi connectivity index (χ4v) is 2.87. The molecule has 0 aliphatic heterocycles. The number of halogens is 1. The minimum absolute atomic E-state index is 0.0859. The van der Waals surface area contributed by atoms with Crippen molar-refractivity contribution in [3.8, 4) is 11.1 Å². The molecular weight excluding hydrogens is 291 g/mol. The van der Waals surface area contributed by atoms with E-state index in [1.54, 1.807) is 6.07 Å². The van der Waals surface area contributed by atoms with Crippen LogP contribution in [0.2, 0.25) is 0 Å². The number of benzene rings is 2. The number of hydrogen-bond acceptors (Lipinski definition) is 1. The topological polar surface area (TPSA) is 44.9 Å². The SMILES string of the molecule is O=C(CC1CC1)Nc1ccc(-c2c[nH]c3cc(F)ccc23)cc1. The Morgan fingerprint density at radius 3 is 2.70 bits per heavy atom. The number of aromatic amines is 1. The zero-order valence-corrected chi connectivity index (χ0v) is 12.6. The average Bonchev–Trinajstić information content (AvgIpc) is 3.24. The minimum Gasteiger partial charge on any atom is -0.360 e. The summed E-state index contributed by atoms with van der Waals surface area (Å²) in [7, 11) is 0. The van der Waals surface area contributed by atoms with E-state index in [0.29, 0.717) is 12.3 Å². The Hall–Kier alpha value is -2.62. The van der Waals surface area contributed by atoms with E-state index >= 15 is 0 Å². The number of aromatic nitrogens is 1. The van der Waals surface area contributed by atoms with E-state index in [-0.39, 0.29) is 11.7 Å². The number of carbonyl (C=O) groups is 1. The maximum atomic E-state index is 13.3. The van der Waals surface area contributed by atoms with E-state index in [1.807, 2.05) is 30.5 Å². The predicted octanol–water partition coefficient (Wildman–Crippen LogP) is 4.71. The van der Waals surface area contributed by atoms with E-state index in [9.17, 15) is 9.18 Å². The van der Waals surface area contributed by atoms with Gasteiger partial charge in [-0.15, -0.1) is 0 Å². The van der Waals surface area contributed by atoms with Gasteiger partial charge >= 0.3 is 0 Å². The first-order valence-electron chi connectivity index (χ1n) is 7.86. The lowest BCUT2D eigenvalue weighted by Crippen LogP contribution is -2.11. The Morgan fingerprint density at radius 1 is 1.17 bits per heavy atom. The molecule has 1 aromatic heterocycles. The van der Waals surface area contributed by atoms with Crippen molar-refractivity contribution >= 4 is 22.5 Å². The summed E-state index contributed by atoms with van der Waals surface area (Å²) in [5.74, 6) is 0.420. The van der Waals surface area contributed by atoms with Crippen LogP contribution < -0.4 is 5.32 Å². The second-order valence-electron chi connectivity index (χ2n) is 6.17. The number of H-pyrrole nitrogens is 1. The van der Waals surface area contributed by atoms with Gasteiger partial charge in [0.1, 0.15) is 5.82 Å². The molecule has 0 bridgehead atoms. The third-order valence-electron chi connectivity index (χ3n) is 4.29. The molecule has 4 heteroatoms. The molecule has 1 fully saturated rings. The smallest absolute Gasteiger partial charge is 0.224 e. The standard InChI is InChI=1S/C19H17FN2O/c20-14-5-8-16-17(11-21-18(16)10-14)13-3-6-15(7-4-13)22-19(23)9-12-1-2-12/h3-8,10-12,21H,1-2,9H2,(H,22,23). The molecule has 4 rings (SSSR count). The Balaban J connectivity index is 1.55. The van der Waals surface area contributed by atoms with Gasteiger partial charge in [0.15, 0.2) is 0 Å². The summed E-state index contributed by atoms with van der Waals surface area (Å²) in [4.78, 5) is 14.9. The molecule has 0 unspecified atom stereocenters. The summed E-state index contributed by atoms with van der Waals surface area (Å²) in [6.07, 6.45) is 4.85. The molecule has 1 amide bonds. The zero-order chi connectivity index (χ0) is 15.8. The van der Waals surface area contributed by atoms with Crippen LogP contribution in [0.5, 0.6) is 0 Å². The second kappa shape index (κ2) is 5.54. The number of hydrogen-bond donors (Lipinski definition) is 2. The lowest BCUT2D eigenvalue weighted by atomic mass is 10.0. The Labute approximate surface area is 133 Å². The summed E-state index contributed by atoms with van der Waals surface area (Å²) in [5, 5.41) is 3.92. The molecule has 0 atom stereocenters. The van der Waals surface area contributed by atoms with Crippen molar-refractivity contribution in [2.24, 2.45) is 5.92 Å². The average molecular weight is 308 g/mol. The molecule has 2 N–H and O–H groups in total. The second-order valence-corrected chi connectivity index (χ2v) is 6.17. The van der Waals surface area contributed by atoms with Crippen molar-refractivity contribution in [1.82, 2.24) is 4.98 Å². The first kappa shape index (κ1) is 14.0. The molecule has 0 radical (unpaired) electrons. The van der Waals surface area contributed by atoms with Crippen LogP contribution >= 0.6 is 0 Å². The van der Waals surface area contributed by atoms with Crippen LogP contribution in [0.4, 0.5) is 10.1 Å². The highest BCUT2D eigenvalue weighted by molar-refractivity contribution is 5.96. The molecule has 0 saturated heterocycles. The van der Waals surface area contributed by atoms with Crippen molar-refractivity contribution in [2.45, 2.75) is 19.3 Å². The van der Waals surface area contributed by atoms with Gasteiger partial charge in [-0.1, -0.05) is 12.1 Å². The highest BCUT2D eigenvalue weighted by Gasteiger charge is 2.24. The number of fused-ring (bicyclic) bond motifs is 1. The van der Waals surface area contributed by atoms with Crippen LogP contribution in [0.1, 0.15) is 19.3 Å². The molecule has 0 spiro atoms. The first-order valence-corrected chi connectivity index (χ1v) is 7.86. The zero-order valence-electron chi connectivity index (χ0n) is 12.6. The van der Waals surface area contributed by atoms with E-state index < -0.39 is 0 Å². The third kappa shape index (κ3) is 2.97. The maximum Gasteiger partial charge on any atom is 0.224 e. The highest BCUT2D eigenvalue weighted by atomic mass is 19.1. The minimum atomic E-state index is -0.250. The van der Waals surface area contributed by atoms with Gasteiger partial charge in [0, 0.05) is 34.8 Å². The number of carbonyl (C=O) groups excluding carboxylic acids is 1. The number of rotatable bonds is 4. The van der Waals surface area contributed by atoms with Crippen LogP contribution in [-0.2, 0) is 4.79 Å². The van der Waals surface area contributed by atoms with Crippen LogP contribution in [0.3, 0.4) is 0 Å². The van der Waals surface area contributed by atoms with Gasteiger partial charge in [-0.05, 0) is 54.7 Å². The van der Waals surface area contributed by atoms with Gasteiger partial charge < -0.3 is 10.3 Å². The van der Waals surface area contributed by atoms with Crippen molar-refractivity contribution in [2.75, 3.05) is 5.32 Å². The van der Waals surface area contributed by atoms with Crippen molar-refractivity contribution in [1.29, 1.82) is 0 Å². The van der Waals surface area contributed by atoms with Crippen LogP contribution in [0, 0.1) is 11.7 Å². The molecule has 23 heavy (non-hydrogen) atoms. The molecular formula is C19H17FN2O. The predicted molar refractivity (Wildman–Crippen MR) is 89.7 cm³/mol. The van der Waals surface area contributed by atoms with Crippen molar-refractivity contribution < 1.29 is 9.18 Å². The van der Waals surface area contributed by atoms with Crippen LogP contribution in [-0.4, -0.2) is 10.9 Å². The van der Waals surface area contributed by atoms with Crippen molar-refractivity contribution in [3.05, 3.63) is 54.5 Å². The van der Waals surface area contributed by atoms with Crippen LogP contribution in [0.25, 0.3) is 22.0 Å². The molecule has 1 aliphatic carbocycles. The van der Waals surface area contributed by atoms with Gasteiger partial charge in [0.2, 0.25) is 5.91 Å². The molecule has 116 valence electrons. The quantitative estimate of drug-likeness (QED) is 0.720. The molecule has 1 saturated carbocycles. The molecule has 3 aromatic rings. The molecule has 1 heterocycles. The van der Waals surface area contributed by atoms with Gasteiger partial charge in [0.25, 0.3) is 0 Å². The first-order chi connectivity index (χ1) is 11.2. The Morgan fingerprint density at radius 2 is 1.96 bits per heavy atom. The summed E-state index contributed by atoms with van der Waals surface area (Å²) in [6.45, 7) is 0. The van der Waals surface area contributed by atoms with Crippen molar-refractivity contribution in [3.63, 3.8) is 0 Å². The van der Waals surface area contributed by atoms with Gasteiger partial charge in [0.05, 0.1) is 0 Å². The normalized spacial score (nSPS) is 14.1. The lowest BCUT2D eigenvalue weighted by molar-refractivity contribution is -0.116. The molecule has 2 aromatic carbocycles. The number of amides is 1. The molecule has 3 nitrogen and oxygen atoms in total.